The number of benzene rings is 1. The van der Waals surface area contributed by atoms with Crippen molar-refractivity contribution in [1.29, 1.82) is 0 Å². The number of halogens is 1. The minimum atomic E-state index is 0.438. The zero-order valence-corrected chi connectivity index (χ0v) is 13.1. The van der Waals surface area contributed by atoms with Gasteiger partial charge in [0.15, 0.2) is 0 Å². The number of rotatable bonds is 3. The molecule has 0 bridgehead atoms. The maximum Gasteiger partial charge on any atom is 0.226 e. The molecule has 112 valence electrons. The molecule has 1 fully saturated rings. The van der Waals surface area contributed by atoms with Gasteiger partial charge in [0.2, 0.25) is 5.89 Å². The van der Waals surface area contributed by atoms with Crippen LogP contribution in [0.25, 0.3) is 22.8 Å². The van der Waals surface area contributed by atoms with Crippen LogP contribution in [0.5, 0.6) is 0 Å². The monoisotopic (exact) mass is 314 g/mol. The van der Waals surface area contributed by atoms with E-state index in [1.54, 1.807) is 0 Å². The molecule has 0 spiro atoms. The van der Waals surface area contributed by atoms with Crippen LogP contribution in [0.3, 0.4) is 0 Å². The summed E-state index contributed by atoms with van der Waals surface area (Å²) in [5, 5.41) is 11.7. The number of nitrogens with one attached hydrogen (secondary N) is 1. The predicted molar refractivity (Wildman–Crippen MR) is 83.8 cm³/mol. The fourth-order valence-electron chi connectivity index (χ4n) is 2.48. The number of hydrogen-bond acceptors (Lipinski definition) is 4. The minimum absolute atomic E-state index is 0.438. The Balaban J connectivity index is 1.84. The Morgan fingerprint density at radius 2 is 2.00 bits per heavy atom. The van der Waals surface area contributed by atoms with Gasteiger partial charge in [0.25, 0.3) is 0 Å². The molecule has 22 heavy (non-hydrogen) atoms. The zero-order chi connectivity index (χ0) is 15.3. The number of aromatic amines is 1. The second-order valence-electron chi connectivity index (χ2n) is 5.73. The Morgan fingerprint density at radius 1 is 1.18 bits per heavy atom. The summed E-state index contributed by atoms with van der Waals surface area (Å²) < 4.78 is 6.05. The second kappa shape index (κ2) is 4.95. The highest BCUT2D eigenvalue weighted by atomic mass is 35.5. The summed E-state index contributed by atoms with van der Waals surface area (Å²) in [6, 6.07) is 5.84. The summed E-state index contributed by atoms with van der Waals surface area (Å²) in [6.45, 7) is 3.88. The predicted octanol–water partition coefficient (Wildman–Crippen LogP) is 4.27. The first-order valence-electron chi connectivity index (χ1n) is 7.28. The van der Waals surface area contributed by atoms with E-state index in [1.807, 2.05) is 32.0 Å². The van der Waals surface area contributed by atoms with E-state index in [1.165, 1.54) is 0 Å². The van der Waals surface area contributed by atoms with Crippen molar-refractivity contribution in [3.63, 3.8) is 0 Å². The van der Waals surface area contributed by atoms with Crippen molar-refractivity contribution in [2.75, 3.05) is 0 Å². The van der Waals surface area contributed by atoms with E-state index in [0.29, 0.717) is 16.8 Å². The first kappa shape index (κ1) is 13.5. The molecular formula is C16H15ClN4O. The van der Waals surface area contributed by atoms with Crippen LogP contribution in [-0.2, 0) is 0 Å². The number of aryl methyl sites for hydroxylation is 2. The number of hydrogen-bond donors (Lipinski definition) is 1. The molecule has 4 rings (SSSR count). The van der Waals surface area contributed by atoms with Gasteiger partial charge in [-0.2, -0.15) is 15.4 Å². The van der Waals surface area contributed by atoms with Gasteiger partial charge in [-0.25, -0.2) is 4.98 Å². The van der Waals surface area contributed by atoms with Crippen LogP contribution in [0.4, 0.5) is 0 Å². The highest BCUT2D eigenvalue weighted by Gasteiger charge is 2.33. The lowest BCUT2D eigenvalue weighted by atomic mass is 10.1. The lowest BCUT2D eigenvalue weighted by molar-refractivity contribution is 0.521. The van der Waals surface area contributed by atoms with Crippen LogP contribution in [-0.4, -0.2) is 20.4 Å². The minimum Gasteiger partial charge on any atom is -0.440 e. The summed E-state index contributed by atoms with van der Waals surface area (Å²) in [5.74, 6) is 1.93. The molecule has 0 atom stereocenters. The van der Waals surface area contributed by atoms with E-state index in [-0.39, 0.29) is 0 Å². The van der Waals surface area contributed by atoms with Crippen molar-refractivity contribution in [2.45, 2.75) is 32.6 Å². The molecule has 1 aromatic carbocycles. The van der Waals surface area contributed by atoms with Gasteiger partial charge < -0.3 is 4.42 Å². The van der Waals surface area contributed by atoms with Gasteiger partial charge in [0.1, 0.15) is 17.1 Å². The van der Waals surface area contributed by atoms with E-state index in [9.17, 15) is 0 Å². The Morgan fingerprint density at radius 3 is 2.64 bits per heavy atom. The third-order valence-electron chi connectivity index (χ3n) is 3.97. The SMILES string of the molecule is Cc1ccc(-c2nc(-c3n[nH]nc3C)c(C3CC3)o2)cc1Cl. The van der Waals surface area contributed by atoms with Crippen molar-refractivity contribution in [3.8, 4) is 22.8 Å². The Bertz CT molecular complexity index is 848. The molecule has 5 nitrogen and oxygen atoms in total. The molecule has 1 aliphatic carbocycles. The third kappa shape index (κ3) is 2.22. The van der Waals surface area contributed by atoms with E-state index >= 15 is 0 Å². The van der Waals surface area contributed by atoms with Crippen LogP contribution in [0.1, 0.15) is 35.8 Å². The van der Waals surface area contributed by atoms with Gasteiger partial charge >= 0.3 is 0 Å². The first-order chi connectivity index (χ1) is 10.6. The van der Waals surface area contributed by atoms with Crippen molar-refractivity contribution in [1.82, 2.24) is 20.4 Å². The smallest absolute Gasteiger partial charge is 0.226 e. The third-order valence-corrected chi connectivity index (χ3v) is 4.37. The number of aromatic nitrogens is 4. The van der Waals surface area contributed by atoms with E-state index in [0.717, 1.165) is 46.8 Å². The highest BCUT2D eigenvalue weighted by molar-refractivity contribution is 6.31. The second-order valence-corrected chi connectivity index (χ2v) is 6.13. The fourth-order valence-corrected chi connectivity index (χ4v) is 2.66. The summed E-state index contributed by atoms with van der Waals surface area (Å²) >= 11 is 6.21. The molecule has 3 aromatic rings. The Hall–Kier alpha value is -2.14. The standard InChI is InChI=1S/C16H15ClN4O/c1-8-3-4-11(7-12(8)17)16-18-14(13-9(2)19-21-20-13)15(22-16)10-5-6-10/h3-4,7,10H,5-6H2,1-2H3,(H,19,20,21). The van der Waals surface area contributed by atoms with Crippen molar-refractivity contribution in [2.24, 2.45) is 0 Å². The summed E-state index contributed by atoms with van der Waals surface area (Å²) in [4.78, 5) is 4.67. The molecule has 2 heterocycles. The highest BCUT2D eigenvalue weighted by Crippen LogP contribution is 2.46. The number of H-pyrrole nitrogens is 1. The normalized spacial score (nSPS) is 14.5. The van der Waals surface area contributed by atoms with Gasteiger partial charge in [0.05, 0.1) is 5.69 Å². The van der Waals surface area contributed by atoms with Crippen LogP contribution >= 0.6 is 11.6 Å². The molecule has 1 N–H and O–H groups in total. The van der Waals surface area contributed by atoms with E-state index in [2.05, 4.69) is 20.4 Å². The molecule has 0 radical (unpaired) electrons. The van der Waals surface area contributed by atoms with Crippen LogP contribution in [0, 0.1) is 13.8 Å². The largest absolute Gasteiger partial charge is 0.440 e. The topological polar surface area (TPSA) is 67.6 Å². The molecule has 0 amide bonds. The molecule has 0 unspecified atom stereocenters. The molecule has 1 aliphatic rings. The van der Waals surface area contributed by atoms with Gasteiger partial charge in [0, 0.05) is 16.5 Å². The molecule has 0 saturated heterocycles. The van der Waals surface area contributed by atoms with Gasteiger partial charge in [-0.15, -0.1) is 0 Å². The summed E-state index contributed by atoms with van der Waals surface area (Å²) in [7, 11) is 0. The van der Waals surface area contributed by atoms with Gasteiger partial charge in [-0.05, 0) is 44.4 Å². The Labute approximate surface area is 132 Å². The van der Waals surface area contributed by atoms with Crippen LogP contribution < -0.4 is 0 Å². The fraction of sp³-hybridized carbons (Fsp3) is 0.312. The lowest BCUT2D eigenvalue weighted by Crippen LogP contribution is -1.87. The summed E-state index contributed by atoms with van der Waals surface area (Å²) in [6.07, 6.45) is 2.26. The Kier molecular flexibility index (Phi) is 3.04. The zero-order valence-electron chi connectivity index (χ0n) is 12.4. The van der Waals surface area contributed by atoms with Crippen LogP contribution in [0.15, 0.2) is 22.6 Å². The van der Waals surface area contributed by atoms with E-state index in [4.69, 9.17) is 16.0 Å². The number of oxazole rings is 1. The molecule has 2 aromatic heterocycles. The van der Waals surface area contributed by atoms with Crippen molar-refractivity contribution < 1.29 is 4.42 Å². The average Bonchev–Trinajstić information content (AvgIpc) is 3.11. The van der Waals surface area contributed by atoms with Crippen LogP contribution in [0.2, 0.25) is 5.02 Å². The molecule has 1 saturated carbocycles. The molecule has 6 heteroatoms. The van der Waals surface area contributed by atoms with Crippen molar-refractivity contribution >= 4 is 11.6 Å². The van der Waals surface area contributed by atoms with E-state index < -0.39 is 0 Å². The molecule has 0 aliphatic heterocycles. The van der Waals surface area contributed by atoms with Crippen molar-refractivity contribution in [3.05, 3.63) is 40.2 Å². The quantitative estimate of drug-likeness (QED) is 0.783. The maximum atomic E-state index is 6.21. The van der Waals surface area contributed by atoms with Gasteiger partial charge in [-0.3, -0.25) is 0 Å². The first-order valence-corrected chi connectivity index (χ1v) is 7.66. The average molecular weight is 315 g/mol. The van der Waals surface area contributed by atoms with Gasteiger partial charge in [-0.1, -0.05) is 17.7 Å². The number of nitrogens with zero attached hydrogens (tertiary/aromatic N) is 3. The maximum absolute atomic E-state index is 6.21. The molecular weight excluding hydrogens is 300 g/mol. The lowest BCUT2D eigenvalue weighted by Gasteiger charge is -1.99. The summed E-state index contributed by atoms with van der Waals surface area (Å²) in [5.41, 5.74) is 4.29.